The summed E-state index contributed by atoms with van der Waals surface area (Å²) in [7, 11) is -2.69. The first-order valence-corrected chi connectivity index (χ1v) is 5.68. The van der Waals surface area contributed by atoms with Gasteiger partial charge in [0.1, 0.15) is 13.5 Å². The third kappa shape index (κ3) is 12.0. The molecule has 0 fully saturated rings. The topological polar surface area (TPSA) is 141 Å². The molecule has 6 N–H and O–H groups in total. The smallest absolute Gasteiger partial charge is 0.321 e. The molecule has 0 amide bonds. The summed E-state index contributed by atoms with van der Waals surface area (Å²) in [5, 5.41) is 38.6. The third-order valence-electron chi connectivity index (χ3n) is 1.24. The van der Waals surface area contributed by atoms with Crippen molar-refractivity contribution in [1.29, 1.82) is 0 Å². The van der Waals surface area contributed by atoms with Crippen LogP contribution in [-0.4, -0.2) is 59.6 Å². The summed E-state index contributed by atoms with van der Waals surface area (Å²) in [6.45, 7) is -0.496. The second-order valence-electron chi connectivity index (χ2n) is 2.70. The zero-order valence-electron chi connectivity index (χ0n) is 8.50. The van der Waals surface area contributed by atoms with Gasteiger partial charge >= 0.3 is 8.25 Å². The van der Waals surface area contributed by atoms with Gasteiger partial charge in [-0.1, -0.05) is 0 Å². The predicted molar refractivity (Wildman–Crippen MR) is 53.4 cm³/mol. The second kappa shape index (κ2) is 10.1. The number of aliphatic hydroxyl groups excluding tert-OH is 2. The van der Waals surface area contributed by atoms with Gasteiger partial charge in [0, 0.05) is 13.1 Å². The van der Waals surface area contributed by atoms with Crippen LogP contribution in [0.4, 0.5) is 0 Å². The van der Waals surface area contributed by atoms with Gasteiger partial charge in [-0.15, -0.1) is 0 Å². The summed E-state index contributed by atoms with van der Waals surface area (Å²) in [5.74, 6) is 0. The Morgan fingerprint density at radius 1 is 0.938 bits per heavy atom. The quantitative estimate of drug-likeness (QED) is 0.139. The number of hydrogen-bond donors (Lipinski definition) is 6. The van der Waals surface area contributed by atoms with Crippen molar-refractivity contribution in [2.45, 2.75) is 12.6 Å². The van der Waals surface area contributed by atoms with E-state index in [2.05, 4.69) is 19.7 Å². The molecular weight excluding hydrogens is 243 g/mol. The minimum absolute atomic E-state index is 0.107. The van der Waals surface area contributed by atoms with Crippen molar-refractivity contribution in [3.8, 4) is 0 Å². The number of aliphatic hydroxyl groups is 4. The molecule has 0 radical (unpaired) electrons. The van der Waals surface area contributed by atoms with Gasteiger partial charge in [-0.25, -0.2) is 0 Å². The zero-order valence-corrected chi connectivity index (χ0v) is 9.50. The molecule has 0 aromatic carbocycles. The molecule has 0 aromatic rings. The molecule has 9 nitrogen and oxygen atoms in total. The first-order valence-electron chi connectivity index (χ1n) is 4.45. The Bertz CT molecular complexity index is 174. The predicted octanol–water partition coefficient (Wildman–Crippen LogP) is -2.88. The van der Waals surface area contributed by atoms with Gasteiger partial charge in [-0.3, -0.25) is 24.2 Å². The van der Waals surface area contributed by atoms with E-state index in [-0.39, 0.29) is 26.6 Å². The van der Waals surface area contributed by atoms with E-state index < -0.39 is 20.8 Å². The standard InChI is InChI=1S/C6H17N2O7P/c9-5(10)1-7-3-14-16(13)15-4-8-2-6(11)12/h5-12,16H,1-4H2. The second-order valence-corrected chi connectivity index (χ2v) is 3.77. The Morgan fingerprint density at radius 2 is 1.31 bits per heavy atom. The van der Waals surface area contributed by atoms with E-state index in [4.69, 9.17) is 20.4 Å². The normalized spacial score (nSPS) is 11.9. The minimum Gasteiger partial charge on any atom is -0.367 e. The van der Waals surface area contributed by atoms with E-state index in [1.807, 2.05) is 0 Å². The third-order valence-corrected chi connectivity index (χ3v) is 2.00. The highest BCUT2D eigenvalue weighted by Gasteiger charge is 2.01. The fourth-order valence-electron chi connectivity index (χ4n) is 0.638. The van der Waals surface area contributed by atoms with Gasteiger partial charge in [0.25, 0.3) is 0 Å². The summed E-state index contributed by atoms with van der Waals surface area (Å²) >= 11 is 0. The zero-order chi connectivity index (χ0) is 12.4. The van der Waals surface area contributed by atoms with Gasteiger partial charge in [0.05, 0.1) is 0 Å². The molecule has 0 aliphatic heterocycles. The van der Waals surface area contributed by atoms with Crippen LogP contribution in [0.2, 0.25) is 0 Å². The number of rotatable bonds is 10. The van der Waals surface area contributed by atoms with Gasteiger partial charge < -0.3 is 20.4 Å². The minimum atomic E-state index is -2.69. The monoisotopic (exact) mass is 260 g/mol. The highest BCUT2D eigenvalue weighted by Crippen LogP contribution is 2.21. The molecule has 98 valence electrons. The number of nitrogens with one attached hydrogen (secondary N) is 2. The van der Waals surface area contributed by atoms with Crippen LogP contribution in [0.3, 0.4) is 0 Å². The maximum atomic E-state index is 10.9. The first-order chi connectivity index (χ1) is 7.52. The fraction of sp³-hybridized carbons (Fsp3) is 1.00. The molecule has 0 aromatic heterocycles. The summed E-state index contributed by atoms with van der Waals surface area (Å²) in [6, 6.07) is 0. The van der Waals surface area contributed by atoms with Gasteiger partial charge in [-0.05, 0) is 0 Å². The lowest BCUT2D eigenvalue weighted by Gasteiger charge is -2.09. The summed E-state index contributed by atoms with van der Waals surface area (Å²) in [5.41, 5.74) is 0. The lowest BCUT2D eigenvalue weighted by molar-refractivity contribution is -0.0405. The van der Waals surface area contributed by atoms with Crippen molar-refractivity contribution in [2.75, 3.05) is 26.6 Å². The van der Waals surface area contributed by atoms with Crippen LogP contribution < -0.4 is 10.6 Å². The van der Waals surface area contributed by atoms with Crippen LogP contribution >= 0.6 is 8.25 Å². The average molecular weight is 260 g/mol. The van der Waals surface area contributed by atoms with Gasteiger partial charge in [0.15, 0.2) is 12.6 Å². The van der Waals surface area contributed by atoms with Crippen LogP contribution in [0, 0.1) is 0 Å². The van der Waals surface area contributed by atoms with Crippen molar-refractivity contribution in [1.82, 2.24) is 10.6 Å². The van der Waals surface area contributed by atoms with E-state index in [1.54, 1.807) is 0 Å². The lowest BCUT2D eigenvalue weighted by Crippen LogP contribution is -2.28. The summed E-state index contributed by atoms with van der Waals surface area (Å²) in [4.78, 5) is 0. The molecule has 0 rings (SSSR count). The van der Waals surface area contributed by atoms with Crippen molar-refractivity contribution in [3.05, 3.63) is 0 Å². The molecule has 0 bridgehead atoms. The molecule has 0 unspecified atom stereocenters. The largest absolute Gasteiger partial charge is 0.367 e. The molecule has 0 aliphatic rings. The Hall–Kier alpha value is -0.0900. The number of hydrogen-bond acceptors (Lipinski definition) is 9. The van der Waals surface area contributed by atoms with Crippen LogP contribution in [0.25, 0.3) is 0 Å². The van der Waals surface area contributed by atoms with Crippen LogP contribution in [0.15, 0.2) is 0 Å². The summed E-state index contributed by atoms with van der Waals surface area (Å²) in [6.07, 6.45) is -3.00. The molecule has 0 aliphatic carbocycles. The molecule has 10 heteroatoms. The molecule has 0 atom stereocenters. The molecule has 0 saturated heterocycles. The highest BCUT2D eigenvalue weighted by molar-refractivity contribution is 7.33. The van der Waals surface area contributed by atoms with Crippen LogP contribution in [-0.2, 0) is 13.6 Å². The van der Waals surface area contributed by atoms with E-state index >= 15 is 0 Å². The van der Waals surface area contributed by atoms with Crippen molar-refractivity contribution >= 4 is 8.25 Å². The van der Waals surface area contributed by atoms with Crippen LogP contribution in [0.5, 0.6) is 0 Å². The first kappa shape index (κ1) is 15.9. The molecule has 0 saturated carbocycles. The van der Waals surface area contributed by atoms with Crippen molar-refractivity contribution in [2.24, 2.45) is 0 Å². The van der Waals surface area contributed by atoms with Gasteiger partial charge in [-0.2, -0.15) is 0 Å². The van der Waals surface area contributed by atoms with E-state index in [0.29, 0.717) is 0 Å². The SMILES string of the molecule is O=[PH](OCNCC(O)O)OCNCC(O)O. The maximum Gasteiger partial charge on any atom is 0.321 e. The molecule has 0 spiro atoms. The highest BCUT2D eigenvalue weighted by atomic mass is 31.1. The fourth-order valence-corrected chi connectivity index (χ4v) is 1.16. The molecule has 0 heterocycles. The molecule has 16 heavy (non-hydrogen) atoms. The Kier molecular flexibility index (Phi) is 10.0. The average Bonchev–Trinajstić information content (AvgIpc) is 2.19. The van der Waals surface area contributed by atoms with Crippen LogP contribution in [0.1, 0.15) is 0 Å². The molecular formula is C6H17N2O7P. The lowest BCUT2D eigenvalue weighted by atomic mass is 10.6. The van der Waals surface area contributed by atoms with Crippen molar-refractivity contribution in [3.63, 3.8) is 0 Å². The van der Waals surface area contributed by atoms with E-state index in [0.717, 1.165) is 0 Å². The summed E-state index contributed by atoms with van der Waals surface area (Å²) < 4.78 is 20.2. The maximum absolute atomic E-state index is 10.9. The Balaban J connectivity index is 3.25. The Labute approximate surface area is 92.9 Å². The van der Waals surface area contributed by atoms with Gasteiger partial charge in [0.2, 0.25) is 0 Å². The van der Waals surface area contributed by atoms with Crippen molar-refractivity contribution < 1.29 is 34.0 Å². The van der Waals surface area contributed by atoms with E-state index in [1.165, 1.54) is 0 Å². The Morgan fingerprint density at radius 3 is 1.62 bits per heavy atom. The van der Waals surface area contributed by atoms with E-state index in [9.17, 15) is 4.57 Å².